The Balaban J connectivity index is 1.92. The lowest BCUT2D eigenvalue weighted by Gasteiger charge is -2.16. The summed E-state index contributed by atoms with van der Waals surface area (Å²) in [6.07, 6.45) is 1.10. The van der Waals surface area contributed by atoms with Crippen LogP contribution >= 0.6 is 0 Å². The topological polar surface area (TPSA) is 93.7 Å². The first-order chi connectivity index (χ1) is 11.8. The van der Waals surface area contributed by atoms with Gasteiger partial charge in [-0.05, 0) is 57.9 Å². The molecule has 2 rings (SSSR count). The van der Waals surface area contributed by atoms with E-state index in [1.807, 2.05) is 13.8 Å². The van der Waals surface area contributed by atoms with Crippen molar-refractivity contribution in [1.29, 1.82) is 0 Å². The van der Waals surface area contributed by atoms with Crippen molar-refractivity contribution in [2.45, 2.75) is 56.8 Å². The smallest absolute Gasteiger partial charge is 0.260 e. The van der Waals surface area contributed by atoms with Gasteiger partial charge in [-0.3, -0.25) is 4.79 Å². The molecule has 25 heavy (non-hydrogen) atoms. The van der Waals surface area contributed by atoms with Crippen LogP contribution in [0.3, 0.4) is 0 Å². The quantitative estimate of drug-likeness (QED) is 0.722. The van der Waals surface area contributed by atoms with Crippen LogP contribution in [0.15, 0.2) is 29.2 Å². The summed E-state index contributed by atoms with van der Waals surface area (Å²) in [5, 5.41) is 2.76. The van der Waals surface area contributed by atoms with Crippen molar-refractivity contribution in [1.82, 2.24) is 10.0 Å². The first-order valence-electron chi connectivity index (χ1n) is 8.46. The normalized spacial score (nSPS) is 19.0. The predicted molar refractivity (Wildman–Crippen MR) is 94.0 cm³/mol. The Bertz CT molecular complexity index is 667. The zero-order valence-electron chi connectivity index (χ0n) is 14.8. The first-order valence-corrected chi connectivity index (χ1v) is 9.94. The first kappa shape index (κ1) is 19.7. The van der Waals surface area contributed by atoms with Crippen molar-refractivity contribution in [2.75, 3.05) is 13.2 Å². The van der Waals surface area contributed by atoms with Crippen LogP contribution in [0.25, 0.3) is 0 Å². The molecule has 140 valence electrons. The van der Waals surface area contributed by atoms with Gasteiger partial charge >= 0.3 is 0 Å². The Morgan fingerprint density at radius 2 is 1.96 bits per heavy atom. The number of sulfonamides is 1. The lowest BCUT2D eigenvalue weighted by atomic mass is 10.2. The van der Waals surface area contributed by atoms with Crippen LogP contribution in [0.4, 0.5) is 0 Å². The lowest BCUT2D eigenvalue weighted by molar-refractivity contribution is -0.127. The molecule has 0 saturated carbocycles. The van der Waals surface area contributed by atoms with E-state index >= 15 is 0 Å². The molecule has 1 aromatic rings. The van der Waals surface area contributed by atoms with Gasteiger partial charge in [-0.25, -0.2) is 13.1 Å². The van der Waals surface area contributed by atoms with Gasteiger partial charge in [0, 0.05) is 19.2 Å². The summed E-state index contributed by atoms with van der Waals surface area (Å²) in [6, 6.07) is 6.03. The Labute approximate surface area is 149 Å². The predicted octanol–water partition coefficient (Wildman–Crippen LogP) is 1.44. The van der Waals surface area contributed by atoms with E-state index in [0.717, 1.165) is 12.8 Å². The van der Waals surface area contributed by atoms with E-state index in [1.54, 1.807) is 19.1 Å². The summed E-state index contributed by atoms with van der Waals surface area (Å²) in [7, 11) is -3.59. The number of benzene rings is 1. The van der Waals surface area contributed by atoms with Gasteiger partial charge in [-0.1, -0.05) is 0 Å². The molecule has 1 heterocycles. The zero-order valence-corrected chi connectivity index (χ0v) is 15.6. The molecule has 2 N–H and O–H groups in total. The van der Waals surface area contributed by atoms with Gasteiger partial charge in [0.2, 0.25) is 10.0 Å². The van der Waals surface area contributed by atoms with E-state index in [9.17, 15) is 13.2 Å². The minimum absolute atomic E-state index is 0.0287. The van der Waals surface area contributed by atoms with Gasteiger partial charge in [0.1, 0.15) is 5.75 Å². The summed E-state index contributed by atoms with van der Waals surface area (Å²) in [6.45, 7) is 6.33. The third-order valence-corrected chi connectivity index (χ3v) is 5.21. The van der Waals surface area contributed by atoms with Crippen molar-refractivity contribution in [3.63, 3.8) is 0 Å². The Kier molecular flexibility index (Phi) is 6.80. The highest BCUT2D eigenvalue weighted by molar-refractivity contribution is 7.89. The number of carbonyl (C=O) groups excluding carboxylic acids is 1. The fourth-order valence-electron chi connectivity index (χ4n) is 2.45. The van der Waals surface area contributed by atoms with Gasteiger partial charge in [-0.15, -0.1) is 0 Å². The molecule has 1 aromatic carbocycles. The zero-order chi connectivity index (χ0) is 18.4. The number of nitrogens with one attached hydrogen (secondary N) is 2. The molecule has 0 bridgehead atoms. The second-order valence-corrected chi connectivity index (χ2v) is 8.15. The maximum Gasteiger partial charge on any atom is 0.260 e. The summed E-state index contributed by atoms with van der Waals surface area (Å²) >= 11 is 0. The second-order valence-electron chi connectivity index (χ2n) is 6.38. The fraction of sp³-hybridized carbons (Fsp3) is 0.588. The Hall–Kier alpha value is -1.64. The maximum atomic E-state index is 12.3. The van der Waals surface area contributed by atoms with E-state index in [0.29, 0.717) is 12.4 Å². The number of hydrogen-bond acceptors (Lipinski definition) is 5. The Morgan fingerprint density at radius 3 is 2.52 bits per heavy atom. The second kappa shape index (κ2) is 8.64. The molecule has 1 aliphatic heterocycles. The molecule has 1 saturated heterocycles. The maximum absolute atomic E-state index is 12.3. The molecule has 8 heteroatoms. The van der Waals surface area contributed by atoms with Crippen LogP contribution in [0, 0.1) is 0 Å². The number of ether oxygens (including phenoxy) is 2. The molecule has 1 aliphatic rings. The molecule has 7 nitrogen and oxygen atoms in total. The molecule has 0 spiro atoms. The highest BCUT2D eigenvalue weighted by Gasteiger charge is 2.21. The minimum Gasteiger partial charge on any atom is -0.481 e. The molecule has 0 aromatic heterocycles. The van der Waals surface area contributed by atoms with Crippen LogP contribution in [0.1, 0.15) is 33.6 Å². The van der Waals surface area contributed by atoms with Crippen molar-refractivity contribution in [3.05, 3.63) is 24.3 Å². The average molecular weight is 370 g/mol. The Morgan fingerprint density at radius 1 is 1.28 bits per heavy atom. The van der Waals surface area contributed by atoms with E-state index in [2.05, 4.69) is 10.0 Å². The number of hydrogen-bond donors (Lipinski definition) is 2. The van der Waals surface area contributed by atoms with Crippen molar-refractivity contribution in [2.24, 2.45) is 0 Å². The average Bonchev–Trinajstić information content (AvgIpc) is 3.06. The van der Waals surface area contributed by atoms with Crippen LogP contribution in [-0.4, -0.2) is 45.7 Å². The minimum atomic E-state index is -3.59. The fourth-order valence-corrected chi connectivity index (χ4v) is 3.51. The van der Waals surface area contributed by atoms with E-state index in [4.69, 9.17) is 9.47 Å². The van der Waals surface area contributed by atoms with Crippen LogP contribution in [0.2, 0.25) is 0 Å². The molecule has 1 amide bonds. The summed E-state index contributed by atoms with van der Waals surface area (Å²) in [5.41, 5.74) is 0. The van der Waals surface area contributed by atoms with Gasteiger partial charge in [0.25, 0.3) is 5.91 Å². The van der Waals surface area contributed by atoms with Crippen molar-refractivity contribution < 1.29 is 22.7 Å². The molecular weight excluding hydrogens is 344 g/mol. The van der Waals surface area contributed by atoms with Crippen molar-refractivity contribution in [3.8, 4) is 5.75 Å². The van der Waals surface area contributed by atoms with Gasteiger partial charge in [0.15, 0.2) is 6.10 Å². The number of rotatable bonds is 8. The summed E-state index contributed by atoms with van der Waals surface area (Å²) < 4.78 is 38.1. The number of carbonyl (C=O) groups is 1. The summed E-state index contributed by atoms with van der Waals surface area (Å²) in [4.78, 5) is 12.0. The lowest BCUT2D eigenvalue weighted by Crippen LogP contribution is -2.40. The third kappa shape index (κ3) is 5.98. The highest BCUT2D eigenvalue weighted by Crippen LogP contribution is 2.18. The van der Waals surface area contributed by atoms with E-state index < -0.39 is 16.1 Å². The van der Waals surface area contributed by atoms with E-state index in [1.165, 1.54) is 12.1 Å². The monoisotopic (exact) mass is 370 g/mol. The van der Waals surface area contributed by atoms with Gasteiger partial charge in [-0.2, -0.15) is 0 Å². The third-order valence-electron chi connectivity index (χ3n) is 3.77. The van der Waals surface area contributed by atoms with Crippen LogP contribution < -0.4 is 14.8 Å². The van der Waals surface area contributed by atoms with Crippen molar-refractivity contribution >= 4 is 15.9 Å². The van der Waals surface area contributed by atoms with Gasteiger partial charge in [0.05, 0.1) is 11.0 Å². The SMILES string of the molecule is CC(C)NC(=O)[C@@H](C)Oc1ccc(S(=O)(=O)NC[C@@H]2CCCO2)cc1. The molecule has 1 fully saturated rings. The molecule has 0 aliphatic carbocycles. The largest absolute Gasteiger partial charge is 0.481 e. The highest BCUT2D eigenvalue weighted by atomic mass is 32.2. The summed E-state index contributed by atoms with van der Waals surface area (Å²) in [5.74, 6) is 0.217. The van der Waals surface area contributed by atoms with E-state index in [-0.39, 0.29) is 29.5 Å². The molecular formula is C17H26N2O5S. The molecule has 0 radical (unpaired) electrons. The van der Waals surface area contributed by atoms with Crippen LogP contribution in [0.5, 0.6) is 5.75 Å². The van der Waals surface area contributed by atoms with Gasteiger partial charge < -0.3 is 14.8 Å². The molecule has 2 atom stereocenters. The van der Waals surface area contributed by atoms with Crippen LogP contribution in [-0.2, 0) is 19.6 Å². The standard InChI is InChI=1S/C17H26N2O5S/c1-12(2)19-17(20)13(3)24-14-6-8-16(9-7-14)25(21,22)18-11-15-5-4-10-23-15/h6-9,12-13,15,18H,4-5,10-11H2,1-3H3,(H,19,20)/t13-,15+/m1/s1. The molecule has 0 unspecified atom stereocenters. The number of amides is 1.